The van der Waals surface area contributed by atoms with Gasteiger partial charge in [-0.15, -0.1) is 0 Å². The van der Waals surface area contributed by atoms with Gasteiger partial charge in [-0.05, 0) is 24.6 Å². The molecule has 4 nitrogen and oxygen atoms in total. The number of carbonyl (C=O) groups excluding carboxylic acids is 1. The van der Waals surface area contributed by atoms with Gasteiger partial charge in [-0.3, -0.25) is 4.79 Å². The molecular weight excluding hydrogens is 252 g/mol. The fourth-order valence-corrected chi connectivity index (χ4v) is 1.95. The molecule has 112 valence electrons. The molecule has 0 saturated carbocycles. The predicted molar refractivity (Wildman–Crippen MR) is 81.3 cm³/mol. The van der Waals surface area contributed by atoms with Crippen molar-refractivity contribution in [1.29, 1.82) is 0 Å². The zero-order valence-corrected chi connectivity index (χ0v) is 12.7. The van der Waals surface area contributed by atoms with E-state index in [1.54, 1.807) is 0 Å². The van der Waals surface area contributed by atoms with Crippen LogP contribution in [0.4, 0.5) is 0 Å². The van der Waals surface area contributed by atoms with E-state index in [2.05, 4.69) is 17.6 Å². The minimum atomic E-state index is -0.0245. The van der Waals surface area contributed by atoms with Gasteiger partial charge in [0, 0.05) is 25.6 Å². The van der Waals surface area contributed by atoms with Gasteiger partial charge in [-0.1, -0.05) is 38.1 Å². The standard InChI is InChI=1S/C16H26N2O2/c1-4-9-20-12-15-8-6-5-7-14(15)11-18-16(19)13(2)10-17-3/h5-8,13,17H,4,9-12H2,1-3H3,(H,18,19). The fraction of sp³-hybridized carbons (Fsp3) is 0.562. The molecule has 2 N–H and O–H groups in total. The summed E-state index contributed by atoms with van der Waals surface area (Å²) in [6, 6.07) is 8.07. The van der Waals surface area contributed by atoms with Gasteiger partial charge >= 0.3 is 0 Å². The topological polar surface area (TPSA) is 50.4 Å². The molecule has 1 unspecified atom stereocenters. The van der Waals surface area contributed by atoms with E-state index < -0.39 is 0 Å². The average molecular weight is 278 g/mol. The molecule has 1 atom stereocenters. The molecule has 0 fully saturated rings. The molecule has 1 rings (SSSR count). The van der Waals surface area contributed by atoms with E-state index in [1.807, 2.05) is 38.2 Å². The molecular formula is C16H26N2O2. The van der Waals surface area contributed by atoms with Crippen molar-refractivity contribution in [3.63, 3.8) is 0 Å². The molecule has 0 radical (unpaired) electrons. The Hall–Kier alpha value is -1.39. The number of rotatable bonds is 9. The summed E-state index contributed by atoms with van der Waals surface area (Å²) in [5.74, 6) is 0.0483. The van der Waals surface area contributed by atoms with Crippen molar-refractivity contribution < 1.29 is 9.53 Å². The summed E-state index contributed by atoms with van der Waals surface area (Å²) in [7, 11) is 1.85. The predicted octanol–water partition coefficient (Wildman–Crippen LogP) is 2.08. The molecule has 1 amide bonds. The highest BCUT2D eigenvalue weighted by Gasteiger charge is 2.11. The number of amides is 1. The minimum Gasteiger partial charge on any atom is -0.377 e. The first-order valence-corrected chi connectivity index (χ1v) is 7.25. The van der Waals surface area contributed by atoms with E-state index in [0.29, 0.717) is 19.7 Å². The van der Waals surface area contributed by atoms with Crippen molar-refractivity contribution in [2.24, 2.45) is 5.92 Å². The zero-order valence-electron chi connectivity index (χ0n) is 12.7. The van der Waals surface area contributed by atoms with Gasteiger partial charge in [0.2, 0.25) is 5.91 Å². The highest BCUT2D eigenvalue weighted by Crippen LogP contribution is 2.10. The number of hydrogen-bond acceptors (Lipinski definition) is 3. The van der Waals surface area contributed by atoms with Gasteiger partial charge in [0.1, 0.15) is 0 Å². The lowest BCUT2D eigenvalue weighted by atomic mass is 10.1. The highest BCUT2D eigenvalue weighted by atomic mass is 16.5. The second-order valence-electron chi connectivity index (χ2n) is 5.00. The molecule has 0 aromatic heterocycles. The van der Waals surface area contributed by atoms with Crippen LogP contribution in [0, 0.1) is 5.92 Å². The first-order chi connectivity index (χ1) is 9.69. The van der Waals surface area contributed by atoms with Gasteiger partial charge < -0.3 is 15.4 Å². The Labute approximate surface area is 121 Å². The maximum Gasteiger partial charge on any atom is 0.224 e. The van der Waals surface area contributed by atoms with Crippen LogP contribution in [0.15, 0.2) is 24.3 Å². The minimum absolute atomic E-state index is 0.0245. The third kappa shape index (κ3) is 5.72. The molecule has 0 spiro atoms. The molecule has 1 aromatic rings. The van der Waals surface area contributed by atoms with Gasteiger partial charge in [0.25, 0.3) is 0 Å². The number of nitrogens with one attached hydrogen (secondary N) is 2. The molecule has 0 aliphatic carbocycles. The Morgan fingerprint density at radius 2 is 2.00 bits per heavy atom. The highest BCUT2D eigenvalue weighted by molar-refractivity contribution is 5.78. The summed E-state index contributed by atoms with van der Waals surface area (Å²) in [5, 5.41) is 5.99. The molecule has 0 saturated heterocycles. The fourth-order valence-electron chi connectivity index (χ4n) is 1.95. The summed E-state index contributed by atoms with van der Waals surface area (Å²) >= 11 is 0. The maximum absolute atomic E-state index is 11.9. The van der Waals surface area contributed by atoms with Crippen molar-refractivity contribution >= 4 is 5.91 Å². The van der Waals surface area contributed by atoms with Crippen molar-refractivity contribution in [3.05, 3.63) is 35.4 Å². The molecule has 0 heterocycles. The Morgan fingerprint density at radius 3 is 2.65 bits per heavy atom. The zero-order chi connectivity index (χ0) is 14.8. The summed E-state index contributed by atoms with van der Waals surface area (Å²) in [5.41, 5.74) is 2.26. The van der Waals surface area contributed by atoms with Crippen LogP contribution >= 0.6 is 0 Å². The largest absolute Gasteiger partial charge is 0.377 e. The first-order valence-electron chi connectivity index (χ1n) is 7.25. The van der Waals surface area contributed by atoms with Crippen molar-refractivity contribution in [2.45, 2.75) is 33.4 Å². The lowest BCUT2D eigenvalue weighted by Gasteiger charge is -2.14. The van der Waals surface area contributed by atoms with Gasteiger partial charge in [0.15, 0.2) is 0 Å². The maximum atomic E-state index is 11.9. The second kappa shape index (κ2) is 9.50. The average Bonchev–Trinajstić information content (AvgIpc) is 2.46. The van der Waals surface area contributed by atoms with Gasteiger partial charge in [-0.25, -0.2) is 0 Å². The summed E-state index contributed by atoms with van der Waals surface area (Å²) in [6.45, 7) is 6.62. The third-order valence-electron chi connectivity index (χ3n) is 3.14. The Balaban J connectivity index is 2.52. The van der Waals surface area contributed by atoms with Crippen LogP contribution in [0.3, 0.4) is 0 Å². The number of benzene rings is 1. The Morgan fingerprint density at radius 1 is 1.30 bits per heavy atom. The Bertz CT molecular complexity index is 407. The summed E-state index contributed by atoms with van der Waals surface area (Å²) in [6.07, 6.45) is 1.01. The first kappa shape index (κ1) is 16.7. The van der Waals surface area contributed by atoms with Crippen LogP contribution in [0.25, 0.3) is 0 Å². The van der Waals surface area contributed by atoms with E-state index in [9.17, 15) is 4.79 Å². The summed E-state index contributed by atoms with van der Waals surface area (Å²) in [4.78, 5) is 11.9. The second-order valence-corrected chi connectivity index (χ2v) is 5.00. The number of ether oxygens (including phenoxy) is 1. The van der Waals surface area contributed by atoms with E-state index in [0.717, 1.165) is 24.2 Å². The van der Waals surface area contributed by atoms with Crippen LogP contribution in [0.5, 0.6) is 0 Å². The monoisotopic (exact) mass is 278 g/mol. The molecule has 0 aliphatic heterocycles. The van der Waals surface area contributed by atoms with Crippen LogP contribution in [0.2, 0.25) is 0 Å². The lowest BCUT2D eigenvalue weighted by Crippen LogP contribution is -2.34. The molecule has 4 heteroatoms. The SMILES string of the molecule is CCCOCc1ccccc1CNC(=O)C(C)CNC. The smallest absolute Gasteiger partial charge is 0.224 e. The third-order valence-corrected chi connectivity index (χ3v) is 3.14. The van der Waals surface area contributed by atoms with Crippen molar-refractivity contribution in [3.8, 4) is 0 Å². The van der Waals surface area contributed by atoms with Gasteiger partial charge in [0.05, 0.1) is 6.61 Å². The van der Waals surface area contributed by atoms with E-state index in [-0.39, 0.29) is 11.8 Å². The summed E-state index contributed by atoms with van der Waals surface area (Å²) < 4.78 is 5.58. The van der Waals surface area contributed by atoms with Crippen molar-refractivity contribution in [1.82, 2.24) is 10.6 Å². The van der Waals surface area contributed by atoms with Crippen molar-refractivity contribution in [2.75, 3.05) is 20.2 Å². The lowest BCUT2D eigenvalue weighted by molar-refractivity contribution is -0.124. The number of hydrogen-bond donors (Lipinski definition) is 2. The van der Waals surface area contributed by atoms with E-state index in [1.165, 1.54) is 0 Å². The van der Waals surface area contributed by atoms with Crippen LogP contribution in [0.1, 0.15) is 31.4 Å². The van der Waals surface area contributed by atoms with Gasteiger partial charge in [-0.2, -0.15) is 0 Å². The molecule has 0 bridgehead atoms. The normalized spacial score (nSPS) is 12.2. The molecule has 0 aliphatic rings. The van der Waals surface area contributed by atoms with Crippen LogP contribution in [-0.2, 0) is 22.7 Å². The number of carbonyl (C=O) groups is 1. The molecule has 1 aromatic carbocycles. The van der Waals surface area contributed by atoms with Crippen LogP contribution < -0.4 is 10.6 Å². The quantitative estimate of drug-likeness (QED) is 0.680. The van der Waals surface area contributed by atoms with Crippen LogP contribution in [-0.4, -0.2) is 26.1 Å². The molecule has 20 heavy (non-hydrogen) atoms. The van der Waals surface area contributed by atoms with E-state index in [4.69, 9.17) is 4.74 Å². The Kier molecular flexibility index (Phi) is 7.92. The van der Waals surface area contributed by atoms with E-state index >= 15 is 0 Å².